The van der Waals surface area contributed by atoms with Crippen LogP contribution in [-0.4, -0.2) is 10.5 Å². The molecule has 1 N–H and O–H groups in total. The fraction of sp³-hybridized carbons (Fsp3) is 0.214. The lowest BCUT2D eigenvalue weighted by Crippen LogP contribution is -3.00. The predicted octanol–water partition coefficient (Wildman–Crippen LogP) is 4.86. The molecule has 4 rings (SSSR count). The van der Waals surface area contributed by atoms with Gasteiger partial charge in [-0.3, -0.25) is 4.79 Å². The zero-order valence-corrected chi connectivity index (χ0v) is 25.3. The molecule has 0 fully saturated rings. The molecule has 1 amide bonds. The summed E-state index contributed by atoms with van der Waals surface area (Å²) in [7, 11) is 0. The highest BCUT2D eigenvalue weighted by atomic mass is 79.9. The summed E-state index contributed by atoms with van der Waals surface area (Å²) < 4.78 is 10.1. The van der Waals surface area contributed by atoms with Crippen LogP contribution in [0.4, 0.5) is 5.69 Å². The van der Waals surface area contributed by atoms with E-state index in [1.54, 1.807) is 24.3 Å². The Labute approximate surface area is 253 Å². The van der Waals surface area contributed by atoms with Gasteiger partial charge in [-0.1, -0.05) is 76.7 Å². The molecule has 0 bridgehead atoms. The third-order valence-corrected chi connectivity index (χ3v) is 7.23. The molecule has 0 aliphatic carbocycles. The summed E-state index contributed by atoms with van der Waals surface area (Å²) >= 11 is 25.0. The SMILES string of the molecule is Cc1ccccc1NC(=O)C(C)n1cc[n+](CC(OCc2ccc(Cl)cc2Cl)c2ccc(Cl)cc2Cl)c1.[Br-]. The number of halogens is 5. The van der Waals surface area contributed by atoms with Crippen molar-refractivity contribution in [2.24, 2.45) is 0 Å². The van der Waals surface area contributed by atoms with Crippen molar-refractivity contribution >= 4 is 58.0 Å². The van der Waals surface area contributed by atoms with Crippen molar-refractivity contribution in [3.8, 4) is 0 Å². The zero-order chi connectivity index (χ0) is 26.5. The van der Waals surface area contributed by atoms with Gasteiger partial charge in [0.15, 0.2) is 6.04 Å². The fourth-order valence-corrected chi connectivity index (χ4v) is 4.85. The van der Waals surface area contributed by atoms with E-state index in [9.17, 15) is 4.79 Å². The quantitative estimate of drug-likeness (QED) is 0.262. The molecular weight excluding hydrogens is 632 g/mol. The highest BCUT2D eigenvalue weighted by Crippen LogP contribution is 2.31. The number of hydrogen-bond donors (Lipinski definition) is 1. The number of rotatable bonds is 9. The Morgan fingerprint density at radius 2 is 1.68 bits per heavy atom. The smallest absolute Gasteiger partial charge is 0.269 e. The first-order chi connectivity index (χ1) is 17.7. The van der Waals surface area contributed by atoms with Crippen molar-refractivity contribution in [3.05, 3.63) is 116 Å². The van der Waals surface area contributed by atoms with Gasteiger partial charge in [0, 0.05) is 31.3 Å². The Kier molecular flexibility index (Phi) is 11.1. The molecule has 1 heterocycles. The Morgan fingerprint density at radius 1 is 1.00 bits per heavy atom. The first-order valence-electron chi connectivity index (χ1n) is 11.6. The number of nitrogens with one attached hydrogen (secondary N) is 1. The summed E-state index contributed by atoms with van der Waals surface area (Å²) in [5, 5.41) is 5.13. The second-order valence-corrected chi connectivity index (χ2v) is 10.4. The lowest BCUT2D eigenvalue weighted by Gasteiger charge is -2.19. The molecule has 10 heteroatoms. The van der Waals surface area contributed by atoms with E-state index in [4.69, 9.17) is 51.1 Å². The van der Waals surface area contributed by atoms with E-state index in [-0.39, 0.29) is 29.5 Å². The number of ether oxygens (including phenoxy) is 1. The van der Waals surface area contributed by atoms with Crippen LogP contribution >= 0.6 is 46.4 Å². The number of carbonyl (C=O) groups excluding carboxylic acids is 1. The summed E-state index contributed by atoms with van der Waals surface area (Å²) in [4.78, 5) is 12.9. The highest BCUT2D eigenvalue weighted by molar-refractivity contribution is 6.35. The number of carbonyl (C=O) groups is 1. The minimum absolute atomic E-state index is 0. The topological polar surface area (TPSA) is 47.1 Å². The molecule has 0 saturated heterocycles. The van der Waals surface area contributed by atoms with Gasteiger partial charge in [0.2, 0.25) is 6.33 Å². The Bertz CT molecular complexity index is 1410. The van der Waals surface area contributed by atoms with Crippen molar-refractivity contribution in [2.75, 3.05) is 5.32 Å². The summed E-state index contributed by atoms with van der Waals surface area (Å²) in [6.07, 6.45) is 5.22. The lowest BCUT2D eigenvalue weighted by atomic mass is 10.1. The van der Waals surface area contributed by atoms with Crippen molar-refractivity contribution in [3.63, 3.8) is 0 Å². The van der Waals surface area contributed by atoms with E-state index < -0.39 is 12.1 Å². The number of hydrogen-bond acceptors (Lipinski definition) is 2. The minimum atomic E-state index is -0.424. The molecule has 0 saturated carbocycles. The highest BCUT2D eigenvalue weighted by Gasteiger charge is 2.24. The van der Waals surface area contributed by atoms with Crippen molar-refractivity contribution in [2.45, 2.75) is 39.1 Å². The Hall–Kier alpha value is -2.06. The molecule has 5 nitrogen and oxygen atoms in total. The molecule has 0 aliphatic rings. The van der Waals surface area contributed by atoms with E-state index in [2.05, 4.69) is 5.32 Å². The number of aryl methyl sites for hydroxylation is 1. The second-order valence-electron chi connectivity index (χ2n) is 8.74. The van der Waals surface area contributed by atoms with E-state index in [0.29, 0.717) is 26.6 Å². The number of amides is 1. The van der Waals surface area contributed by atoms with Gasteiger partial charge < -0.3 is 27.0 Å². The summed E-state index contributed by atoms with van der Waals surface area (Å²) in [6, 6.07) is 17.9. The molecule has 38 heavy (non-hydrogen) atoms. The monoisotopic (exact) mass is 655 g/mol. The van der Waals surface area contributed by atoms with Gasteiger partial charge in [0.25, 0.3) is 5.91 Å². The first-order valence-corrected chi connectivity index (χ1v) is 13.2. The van der Waals surface area contributed by atoms with Gasteiger partial charge in [-0.15, -0.1) is 0 Å². The van der Waals surface area contributed by atoms with Crippen LogP contribution in [0.3, 0.4) is 0 Å². The maximum atomic E-state index is 12.9. The van der Waals surface area contributed by atoms with Gasteiger partial charge in [0.1, 0.15) is 25.0 Å². The number of benzene rings is 3. The molecule has 0 radical (unpaired) electrons. The number of aromatic nitrogens is 2. The van der Waals surface area contributed by atoms with E-state index in [1.807, 2.05) is 78.1 Å². The van der Waals surface area contributed by atoms with Crippen LogP contribution in [0.2, 0.25) is 20.1 Å². The molecule has 2 atom stereocenters. The van der Waals surface area contributed by atoms with Crippen LogP contribution in [0.15, 0.2) is 79.4 Å². The molecule has 4 aromatic rings. The summed E-state index contributed by atoms with van der Waals surface area (Å²) in [5.41, 5.74) is 3.41. The number of nitrogens with zero attached hydrogens (tertiary/aromatic N) is 2. The van der Waals surface area contributed by atoms with Crippen LogP contribution in [0.5, 0.6) is 0 Å². The number of para-hydroxylation sites is 1. The molecular formula is C28H26BrCl4N3O2. The maximum absolute atomic E-state index is 12.9. The molecule has 2 unspecified atom stereocenters. The standard InChI is InChI=1S/C28H25Cl4N3O2.BrH/c1-18-5-3-4-6-26(18)33-28(36)19(2)35-12-11-34(17-35)15-27(23-10-9-22(30)14-25(23)32)37-16-20-7-8-21(29)13-24(20)31;/h3-14,17,19,27H,15-16H2,1-2H3;1H. The molecule has 200 valence electrons. The van der Waals surface area contributed by atoms with Crippen LogP contribution in [0.25, 0.3) is 0 Å². The number of anilines is 1. The minimum Gasteiger partial charge on any atom is -1.00 e. The Morgan fingerprint density at radius 3 is 2.37 bits per heavy atom. The van der Waals surface area contributed by atoms with E-state index >= 15 is 0 Å². The third-order valence-electron chi connectivity index (χ3n) is 6.08. The van der Waals surface area contributed by atoms with E-state index in [1.165, 1.54) is 0 Å². The average molecular weight is 658 g/mol. The zero-order valence-electron chi connectivity index (χ0n) is 20.7. The molecule has 0 spiro atoms. The first kappa shape index (κ1) is 30.5. The van der Waals surface area contributed by atoms with Gasteiger partial charge in [-0.25, -0.2) is 9.13 Å². The van der Waals surface area contributed by atoms with Crippen molar-refractivity contribution < 1.29 is 31.1 Å². The molecule has 1 aromatic heterocycles. The average Bonchev–Trinajstić information content (AvgIpc) is 3.32. The van der Waals surface area contributed by atoms with Gasteiger partial charge >= 0.3 is 0 Å². The van der Waals surface area contributed by atoms with Crippen molar-refractivity contribution in [1.29, 1.82) is 0 Å². The fourth-order valence-electron chi connectivity index (χ4n) is 3.86. The third kappa shape index (κ3) is 7.75. The Balaban J connectivity index is 0.00000400. The maximum Gasteiger partial charge on any atom is 0.269 e. The second kappa shape index (κ2) is 13.8. The van der Waals surface area contributed by atoms with Crippen LogP contribution in [0.1, 0.15) is 35.8 Å². The van der Waals surface area contributed by atoms with E-state index in [0.717, 1.165) is 22.4 Å². The van der Waals surface area contributed by atoms with Crippen molar-refractivity contribution in [1.82, 2.24) is 4.57 Å². The summed E-state index contributed by atoms with van der Waals surface area (Å²) in [5.74, 6) is -0.108. The van der Waals surface area contributed by atoms with Gasteiger partial charge in [-0.2, -0.15) is 0 Å². The van der Waals surface area contributed by atoms with Gasteiger partial charge in [-0.05, 0) is 55.3 Å². The summed E-state index contributed by atoms with van der Waals surface area (Å²) in [6.45, 7) is 4.52. The molecule has 3 aromatic carbocycles. The number of imidazole rings is 1. The van der Waals surface area contributed by atoms with Gasteiger partial charge in [0.05, 0.1) is 6.61 Å². The van der Waals surface area contributed by atoms with Crippen LogP contribution < -0.4 is 26.9 Å². The largest absolute Gasteiger partial charge is 1.00 e. The lowest BCUT2D eigenvalue weighted by molar-refractivity contribution is -0.705. The van der Waals surface area contributed by atoms with Crippen LogP contribution in [0, 0.1) is 6.92 Å². The van der Waals surface area contributed by atoms with Crippen LogP contribution in [-0.2, 0) is 22.7 Å². The normalized spacial score (nSPS) is 12.5. The predicted molar refractivity (Wildman–Crippen MR) is 150 cm³/mol. The molecule has 0 aliphatic heterocycles.